The molecule has 0 fully saturated rings. The summed E-state index contributed by atoms with van der Waals surface area (Å²) < 4.78 is 22.9. The Morgan fingerprint density at radius 3 is 2.04 bits per heavy atom. The largest absolute Gasteiger partial charge is 0.486 e. The Morgan fingerprint density at radius 1 is 0.808 bits per heavy atom. The Labute approximate surface area is 308 Å². The van der Waals surface area contributed by atoms with E-state index in [2.05, 4.69) is 19.2 Å². The fraction of sp³-hybridized carbons (Fsp3) is 0.476. The normalized spacial score (nSPS) is 14.4. The molecule has 4 rings (SSSR count). The summed E-state index contributed by atoms with van der Waals surface area (Å²) in [5.41, 5.74) is 1.87. The van der Waals surface area contributed by atoms with E-state index in [0.29, 0.717) is 67.1 Å². The summed E-state index contributed by atoms with van der Waals surface area (Å²) in [6.45, 7) is 8.39. The lowest BCUT2D eigenvalue weighted by Crippen LogP contribution is -2.51. The van der Waals surface area contributed by atoms with Gasteiger partial charge in [-0.3, -0.25) is 9.59 Å². The van der Waals surface area contributed by atoms with Gasteiger partial charge in [-0.25, -0.2) is 0 Å². The first-order valence-electron chi connectivity index (χ1n) is 18.3. The zero-order valence-electron chi connectivity index (χ0n) is 31.4. The molecule has 1 amide bonds. The van der Waals surface area contributed by atoms with Crippen LogP contribution in [0.15, 0.2) is 88.1 Å². The topological polar surface area (TPSA) is 135 Å². The molecule has 4 aromatic rings. The molecule has 2 heterocycles. The van der Waals surface area contributed by atoms with Crippen molar-refractivity contribution in [3.8, 4) is 11.5 Å². The number of likely N-dealkylation sites (N-methyl/N-ethyl adjacent to an activating group) is 2. The van der Waals surface area contributed by atoms with Crippen LogP contribution in [0.5, 0.6) is 11.5 Å². The van der Waals surface area contributed by atoms with Crippen LogP contribution in [0.1, 0.15) is 86.4 Å². The van der Waals surface area contributed by atoms with Crippen molar-refractivity contribution >= 4 is 11.7 Å². The first-order chi connectivity index (χ1) is 24.9. The molecule has 0 aliphatic rings. The van der Waals surface area contributed by atoms with E-state index < -0.39 is 24.3 Å². The molecule has 0 saturated carbocycles. The van der Waals surface area contributed by atoms with Crippen LogP contribution >= 0.6 is 0 Å². The summed E-state index contributed by atoms with van der Waals surface area (Å²) in [6.07, 6.45) is 4.68. The van der Waals surface area contributed by atoms with E-state index in [9.17, 15) is 19.8 Å². The molecule has 0 bridgehead atoms. The number of furan rings is 2. The van der Waals surface area contributed by atoms with Crippen molar-refractivity contribution in [1.29, 1.82) is 0 Å². The molecular formula is C42H56N2O8. The first-order valence-corrected chi connectivity index (χ1v) is 18.3. The first kappa shape index (κ1) is 40.4. The van der Waals surface area contributed by atoms with E-state index in [-0.39, 0.29) is 36.6 Å². The molecule has 3 unspecified atom stereocenters. The zero-order chi connectivity index (χ0) is 37.6. The summed E-state index contributed by atoms with van der Waals surface area (Å²) in [4.78, 5) is 30.3. The maximum absolute atomic E-state index is 14.8. The molecular weight excluding hydrogens is 660 g/mol. The van der Waals surface area contributed by atoms with Crippen LogP contribution in [0.3, 0.4) is 0 Å². The molecule has 0 aliphatic carbocycles. The Kier molecular flexibility index (Phi) is 15.5. The third-order valence-electron chi connectivity index (χ3n) is 9.32. The Hall–Kier alpha value is -4.38. The quantitative estimate of drug-likeness (QED) is 0.0735. The van der Waals surface area contributed by atoms with Gasteiger partial charge in [-0.15, -0.1) is 0 Å². The molecule has 2 aromatic carbocycles. The van der Waals surface area contributed by atoms with Crippen molar-refractivity contribution in [2.24, 2.45) is 11.8 Å². The summed E-state index contributed by atoms with van der Waals surface area (Å²) in [5, 5.41) is 24.6. The third-order valence-corrected chi connectivity index (χ3v) is 9.32. The van der Waals surface area contributed by atoms with Gasteiger partial charge < -0.3 is 38.7 Å². The fourth-order valence-electron chi connectivity index (χ4n) is 6.39. The Bertz CT molecular complexity index is 1630. The lowest BCUT2D eigenvalue weighted by molar-refractivity contribution is -0.134. The van der Waals surface area contributed by atoms with Gasteiger partial charge in [-0.2, -0.15) is 0 Å². The van der Waals surface area contributed by atoms with Gasteiger partial charge in [0.15, 0.2) is 5.78 Å². The van der Waals surface area contributed by atoms with Gasteiger partial charge in [0.1, 0.15) is 36.2 Å². The van der Waals surface area contributed by atoms with E-state index in [0.717, 1.165) is 11.3 Å². The summed E-state index contributed by atoms with van der Waals surface area (Å²) in [7, 11) is 3.46. The standard InChI is InChI=1S/C42H56N2O8/c1-28(2)22-38(43-5)42(48)44(6)39(23-29(3)14-15-30(4)45)41(47)36-12-7-13-40(52-27-35-11-9-21-50-35)37(36)25-32(46)24-31-16-18-33(19-17-31)51-26-34-10-8-20-49-34/h7-13,16-21,28-30,32,38-39,43,45-46H,14-15,22-27H2,1-6H3/t29?,30?,32?,38-,39-/m0/s1. The predicted molar refractivity (Wildman–Crippen MR) is 200 cm³/mol. The zero-order valence-corrected chi connectivity index (χ0v) is 31.4. The molecule has 282 valence electrons. The summed E-state index contributed by atoms with van der Waals surface area (Å²) in [5.74, 6) is 2.44. The van der Waals surface area contributed by atoms with E-state index in [1.807, 2.05) is 49.4 Å². The smallest absolute Gasteiger partial charge is 0.240 e. The highest BCUT2D eigenvalue weighted by atomic mass is 16.5. The summed E-state index contributed by atoms with van der Waals surface area (Å²) >= 11 is 0. The maximum Gasteiger partial charge on any atom is 0.240 e. The van der Waals surface area contributed by atoms with Crippen LogP contribution in [0.2, 0.25) is 0 Å². The van der Waals surface area contributed by atoms with Crippen LogP contribution in [0.25, 0.3) is 0 Å². The number of aliphatic hydroxyl groups is 2. The number of benzene rings is 2. The third kappa shape index (κ3) is 12.1. The molecule has 5 atom stereocenters. The highest BCUT2D eigenvalue weighted by Gasteiger charge is 2.34. The van der Waals surface area contributed by atoms with Gasteiger partial charge in [0.2, 0.25) is 5.91 Å². The molecule has 10 heteroatoms. The van der Waals surface area contributed by atoms with Crippen LogP contribution < -0.4 is 14.8 Å². The second-order valence-electron chi connectivity index (χ2n) is 14.3. The van der Waals surface area contributed by atoms with Gasteiger partial charge in [-0.1, -0.05) is 45.0 Å². The number of hydrogen-bond acceptors (Lipinski definition) is 9. The highest BCUT2D eigenvalue weighted by Crippen LogP contribution is 2.30. The van der Waals surface area contributed by atoms with Crippen molar-refractivity contribution in [1.82, 2.24) is 10.2 Å². The molecule has 0 saturated heterocycles. The average Bonchev–Trinajstić information content (AvgIpc) is 3.85. The lowest BCUT2D eigenvalue weighted by atomic mass is 9.87. The summed E-state index contributed by atoms with van der Waals surface area (Å²) in [6, 6.07) is 18.9. The molecule has 52 heavy (non-hydrogen) atoms. The minimum atomic E-state index is -0.850. The van der Waals surface area contributed by atoms with Gasteiger partial charge in [0.05, 0.1) is 36.8 Å². The number of hydrogen-bond donors (Lipinski definition) is 3. The maximum atomic E-state index is 14.8. The predicted octanol–water partition coefficient (Wildman–Crippen LogP) is 7.01. The van der Waals surface area contributed by atoms with E-state index >= 15 is 0 Å². The number of nitrogens with zero attached hydrogens (tertiary/aromatic N) is 1. The second-order valence-corrected chi connectivity index (χ2v) is 14.3. The van der Waals surface area contributed by atoms with Crippen LogP contribution in [-0.4, -0.2) is 65.2 Å². The number of nitrogens with one attached hydrogen (secondary N) is 1. The minimum absolute atomic E-state index is 0.0513. The number of carbonyl (C=O) groups excluding carboxylic acids is 2. The number of Topliss-reactive ketones (excluding diaryl/α,β-unsaturated/α-hetero) is 1. The van der Waals surface area contributed by atoms with E-state index in [1.54, 1.807) is 62.7 Å². The number of rotatable bonds is 22. The van der Waals surface area contributed by atoms with E-state index in [1.165, 1.54) is 0 Å². The second kappa shape index (κ2) is 20.0. The van der Waals surface area contributed by atoms with Crippen molar-refractivity contribution < 1.29 is 38.1 Å². The molecule has 3 N–H and O–H groups in total. The van der Waals surface area contributed by atoms with E-state index in [4.69, 9.17) is 18.3 Å². The van der Waals surface area contributed by atoms with Crippen molar-refractivity contribution in [3.05, 3.63) is 107 Å². The van der Waals surface area contributed by atoms with Crippen LogP contribution in [-0.2, 0) is 30.8 Å². The van der Waals surface area contributed by atoms with Crippen molar-refractivity contribution in [2.45, 2.75) is 104 Å². The van der Waals surface area contributed by atoms with Gasteiger partial charge >= 0.3 is 0 Å². The van der Waals surface area contributed by atoms with Crippen molar-refractivity contribution in [2.75, 3.05) is 14.1 Å². The van der Waals surface area contributed by atoms with Crippen LogP contribution in [0.4, 0.5) is 0 Å². The van der Waals surface area contributed by atoms with Gasteiger partial charge in [0.25, 0.3) is 0 Å². The number of ketones is 1. The molecule has 2 aromatic heterocycles. The number of carbonyl (C=O) groups is 2. The number of aliphatic hydroxyl groups excluding tert-OH is 2. The van der Waals surface area contributed by atoms with Crippen LogP contribution in [0, 0.1) is 11.8 Å². The number of amides is 1. The molecule has 0 aliphatic heterocycles. The van der Waals surface area contributed by atoms with Crippen molar-refractivity contribution in [3.63, 3.8) is 0 Å². The SMILES string of the molecule is CN[C@@H](CC(C)C)C(=O)N(C)[C@@H](CC(C)CCC(C)O)C(=O)c1cccc(OCc2ccco2)c1CC(O)Cc1ccc(OCc2ccco2)cc1. The molecule has 0 radical (unpaired) electrons. The Morgan fingerprint density at radius 2 is 1.46 bits per heavy atom. The monoisotopic (exact) mass is 716 g/mol. The average molecular weight is 717 g/mol. The Balaban J connectivity index is 1.62. The molecule has 10 nitrogen and oxygen atoms in total. The number of ether oxygens (including phenoxy) is 2. The minimum Gasteiger partial charge on any atom is -0.486 e. The fourth-order valence-corrected chi connectivity index (χ4v) is 6.39. The lowest BCUT2D eigenvalue weighted by Gasteiger charge is -2.33. The highest BCUT2D eigenvalue weighted by molar-refractivity contribution is 6.03. The van der Waals surface area contributed by atoms with Gasteiger partial charge in [-0.05, 0) is 106 Å². The van der Waals surface area contributed by atoms with Gasteiger partial charge in [0, 0.05) is 24.6 Å². The molecule has 0 spiro atoms.